The van der Waals surface area contributed by atoms with Crippen LogP contribution in [-0.2, 0) is 0 Å². The summed E-state index contributed by atoms with van der Waals surface area (Å²) in [6.07, 6.45) is 10.4. The molecule has 0 radical (unpaired) electrons. The van der Waals surface area contributed by atoms with E-state index in [0.29, 0.717) is 0 Å². The van der Waals surface area contributed by atoms with E-state index in [9.17, 15) is 0 Å². The van der Waals surface area contributed by atoms with E-state index < -0.39 is 0 Å². The zero-order valence-corrected chi connectivity index (χ0v) is 17.9. The summed E-state index contributed by atoms with van der Waals surface area (Å²) in [5, 5.41) is 2.42. The Morgan fingerprint density at radius 3 is 1.36 bits per heavy atom. The highest BCUT2D eigenvalue weighted by Crippen LogP contribution is 2.10. The van der Waals surface area contributed by atoms with E-state index in [1.165, 1.54) is 58.0 Å². The summed E-state index contributed by atoms with van der Waals surface area (Å²) in [7, 11) is 0. The van der Waals surface area contributed by atoms with Gasteiger partial charge < -0.3 is 17.7 Å². The molecular weight excluding hydrogens is 315 g/mol. The van der Waals surface area contributed by atoms with Gasteiger partial charge in [0.25, 0.3) is 0 Å². The lowest BCUT2D eigenvalue weighted by molar-refractivity contribution is -0.655. The van der Waals surface area contributed by atoms with Crippen LogP contribution in [0.15, 0.2) is 0 Å². The Morgan fingerprint density at radius 2 is 1.18 bits per heavy atom. The molecule has 0 aliphatic rings. The first-order chi connectivity index (χ1) is 9.95. The Bertz CT molecular complexity index is 157. The first-order valence-corrected chi connectivity index (χ1v) is 9.52. The van der Waals surface area contributed by atoms with Gasteiger partial charge in [0.05, 0.1) is 13.1 Å². The van der Waals surface area contributed by atoms with Crippen molar-refractivity contribution in [1.82, 2.24) is 4.84 Å². The molecule has 0 aromatic carbocycles. The van der Waals surface area contributed by atoms with Crippen LogP contribution < -0.4 is 22.6 Å². The molecule has 22 heavy (non-hydrogen) atoms. The minimum absolute atomic E-state index is 0. The van der Waals surface area contributed by atoms with Crippen LogP contribution in [0.4, 0.5) is 0 Å². The molecule has 0 rings (SSSR count). The summed E-state index contributed by atoms with van der Waals surface area (Å²) in [6, 6.07) is 0. The summed E-state index contributed by atoms with van der Waals surface area (Å²) in [6.45, 7) is 17.8. The highest BCUT2D eigenvalue weighted by Gasteiger charge is 2.12. The molecule has 0 amide bonds. The molecule has 0 aromatic heterocycles. The minimum atomic E-state index is 0. The van der Waals surface area contributed by atoms with Crippen LogP contribution in [0.5, 0.6) is 0 Å². The van der Waals surface area contributed by atoms with E-state index in [-0.39, 0.29) is 17.9 Å². The lowest BCUT2D eigenvalue weighted by atomic mass is 10.0. The van der Waals surface area contributed by atoms with E-state index in [2.05, 4.69) is 58.6 Å². The Kier molecular flexibility index (Phi) is 36.5. The predicted octanol–water partition coefficient (Wildman–Crippen LogP) is 2.27. The summed E-state index contributed by atoms with van der Waals surface area (Å²) < 4.78 is 0. The van der Waals surface area contributed by atoms with Gasteiger partial charge in [-0.3, -0.25) is 0 Å². The van der Waals surface area contributed by atoms with Gasteiger partial charge in [-0.2, -0.15) is 0 Å². The summed E-state index contributed by atoms with van der Waals surface area (Å²) in [4.78, 5) is 2.71. The van der Waals surface area contributed by atoms with Gasteiger partial charge in [-0.15, -0.1) is 0 Å². The molecule has 0 fully saturated rings. The fourth-order valence-electron chi connectivity index (χ4n) is 1.51. The van der Waals surface area contributed by atoms with Crippen LogP contribution in [0, 0.1) is 0 Å². The molecule has 0 saturated carbocycles. The molecule has 140 valence electrons. The van der Waals surface area contributed by atoms with Gasteiger partial charge in [0.1, 0.15) is 0 Å². The van der Waals surface area contributed by atoms with Crippen molar-refractivity contribution >= 4 is 11.8 Å². The quantitative estimate of drug-likeness (QED) is 0.455. The number of hydrogen-bond donors (Lipinski definition) is 2. The molecule has 2 nitrogen and oxygen atoms in total. The average Bonchev–Trinajstić information content (AvgIpc) is 2.48. The van der Waals surface area contributed by atoms with Gasteiger partial charge in [-0.05, 0) is 44.9 Å². The molecule has 4 heteroatoms. The monoisotopic (exact) mass is 358 g/mol. The Balaban J connectivity index is -0.000000115. The molecule has 0 atom stereocenters. The van der Waals surface area contributed by atoms with E-state index in [1.54, 1.807) is 0 Å². The van der Waals surface area contributed by atoms with Crippen molar-refractivity contribution in [2.24, 2.45) is 0 Å². The van der Waals surface area contributed by atoms with Crippen molar-refractivity contribution in [3.63, 3.8) is 0 Å². The van der Waals surface area contributed by atoms with E-state index in [0.717, 1.165) is 6.42 Å². The largest absolute Gasteiger partial charge is 1.00 e. The van der Waals surface area contributed by atoms with Gasteiger partial charge in [0.2, 0.25) is 0 Å². The molecule has 3 N–H and O–H groups in total. The molecule has 0 aliphatic carbocycles. The van der Waals surface area contributed by atoms with E-state index in [4.69, 9.17) is 11.8 Å². The second kappa shape index (κ2) is 26.4. The first kappa shape index (κ1) is 30.4. The van der Waals surface area contributed by atoms with Gasteiger partial charge in [0.15, 0.2) is 0 Å². The third-order valence-corrected chi connectivity index (χ3v) is 3.67. The van der Waals surface area contributed by atoms with Crippen LogP contribution in [-0.4, -0.2) is 18.6 Å². The van der Waals surface area contributed by atoms with Crippen LogP contribution >= 0.6 is 11.8 Å². The van der Waals surface area contributed by atoms with Crippen molar-refractivity contribution in [2.45, 2.75) is 105 Å². The maximum atomic E-state index is 5.42. The SMILES string of the molecule is CCCC.CCCC(C)(C)NCl.CCCC[NH2+]CCCC.[Cl-]. The lowest BCUT2D eigenvalue weighted by Gasteiger charge is -2.20. The average molecular weight is 359 g/mol. The maximum absolute atomic E-state index is 5.42. The van der Waals surface area contributed by atoms with Crippen molar-refractivity contribution in [1.29, 1.82) is 0 Å². The van der Waals surface area contributed by atoms with Crippen LogP contribution in [0.3, 0.4) is 0 Å². The number of nitrogens with two attached hydrogens (primary N) is 1. The number of halogens is 2. The Labute approximate surface area is 153 Å². The van der Waals surface area contributed by atoms with Gasteiger partial charge >= 0.3 is 0 Å². The predicted molar refractivity (Wildman–Crippen MR) is 100 cm³/mol. The first-order valence-electron chi connectivity index (χ1n) is 9.14. The second-order valence-electron chi connectivity index (χ2n) is 6.30. The molecular formula is C18H44Cl2N2. The lowest BCUT2D eigenvalue weighted by Crippen LogP contribution is -3.00. The minimum Gasteiger partial charge on any atom is -1.00 e. The van der Waals surface area contributed by atoms with Crippen molar-refractivity contribution in [3.8, 4) is 0 Å². The van der Waals surface area contributed by atoms with Crippen LogP contribution in [0.2, 0.25) is 0 Å². The van der Waals surface area contributed by atoms with Gasteiger partial charge in [0, 0.05) is 5.54 Å². The summed E-state index contributed by atoms with van der Waals surface area (Å²) in [5.74, 6) is 0. The van der Waals surface area contributed by atoms with E-state index in [1.807, 2.05) is 0 Å². The van der Waals surface area contributed by atoms with Gasteiger partial charge in [-0.1, -0.05) is 66.7 Å². The number of rotatable bonds is 10. The fraction of sp³-hybridized carbons (Fsp3) is 1.00. The molecule has 0 bridgehead atoms. The van der Waals surface area contributed by atoms with E-state index >= 15 is 0 Å². The second-order valence-corrected chi connectivity index (χ2v) is 6.49. The Hall–Kier alpha value is 0.500. The molecule has 0 heterocycles. The smallest absolute Gasteiger partial charge is 0.0755 e. The van der Waals surface area contributed by atoms with Crippen molar-refractivity contribution in [2.75, 3.05) is 13.1 Å². The zero-order chi connectivity index (χ0) is 17.0. The third kappa shape index (κ3) is 37.1. The third-order valence-electron chi connectivity index (χ3n) is 3.15. The highest BCUT2D eigenvalue weighted by atomic mass is 35.5. The number of unbranched alkanes of at least 4 members (excludes halogenated alkanes) is 3. The standard InChI is InChI=1S/C8H19N.C6H14ClN.C4H10.ClH/c1-3-5-7-9-8-6-4-2;1-4-5-6(2,3)8-7;1-3-4-2;/h9H,3-8H2,1-2H3;8H,4-5H2,1-3H3;3-4H2,1-2H3;1H. The van der Waals surface area contributed by atoms with Crippen molar-refractivity contribution < 1.29 is 17.7 Å². The zero-order valence-electron chi connectivity index (χ0n) is 16.4. The Morgan fingerprint density at radius 1 is 0.773 bits per heavy atom. The number of quaternary nitrogens is 1. The summed E-state index contributed by atoms with van der Waals surface area (Å²) in [5.41, 5.74) is 0.107. The van der Waals surface area contributed by atoms with Crippen LogP contribution in [0.1, 0.15) is 99.8 Å². The summed E-state index contributed by atoms with van der Waals surface area (Å²) >= 11 is 5.42. The topological polar surface area (TPSA) is 28.6 Å². The molecule has 0 aliphatic heterocycles. The van der Waals surface area contributed by atoms with Gasteiger partial charge in [-0.25, -0.2) is 4.84 Å². The van der Waals surface area contributed by atoms with Crippen molar-refractivity contribution in [3.05, 3.63) is 0 Å². The number of hydrogen-bond acceptors (Lipinski definition) is 1. The number of nitrogens with one attached hydrogen (secondary N) is 1. The maximum Gasteiger partial charge on any atom is 0.0755 e. The molecule has 0 spiro atoms. The highest BCUT2D eigenvalue weighted by molar-refractivity contribution is 6.13. The fourth-order valence-corrected chi connectivity index (χ4v) is 1.61. The van der Waals surface area contributed by atoms with Crippen LogP contribution in [0.25, 0.3) is 0 Å². The molecule has 0 aromatic rings. The molecule has 0 unspecified atom stereocenters. The molecule has 0 saturated heterocycles. The normalized spacial score (nSPS) is 9.82.